The van der Waals surface area contributed by atoms with Crippen LogP contribution in [-0.2, 0) is 9.59 Å². The van der Waals surface area contributed by atoms with E-state index in [9.17, 15) is 20.1 Å². The summed E-state index contributed by atoms with van der Waals surface area (Å²) in [5.74, 6) is -2.84. The number of carbonyl (C=O) groups excluding carboxylic acids is 2. The molecule has 4 rings (SSSR count). The van der Waals surface area contributed by atoms with E-state index in [1.165, 1.54) is 7.05 Å². The van der Waals surface area contributed by atoms with Crippen molar-refractivity contribution >= 4 is 11.8 Å². The topological polar surface area (TPSA) is 85.0 Å². The van der Waals surface area contributed by atoms with Crippen LogP contribution in [0.4, 0.5) is 0 Å². The van der Waals surface area contributed by atoms with Gasteiger partial charge in [0.25, 0.3) is 0 Å². The fraction of sp³-hybridized carbons (Fsp3) is 0.538. The van der Waals surface area contributed by atoms with Gasteiger partial charge >= 0.3 is 0 Å². The van der Waals surface area contributed by atoms with Crippen molar-refractivity contribution in [3.8, 4) is 12.1 Å². The molecule has 18 heavy (non-hydrogen) atoms. The monoisotopic (exact) mass is 241 g/mol. The van der Waals surface area contributed by atoms with Crippen molar-refractivity contribution in [1.82, 2.24) is 4.90 Å². The molecule has 5 nitrogen and oxygen atoms in total. The number of imide groups is 1. The number of allylic oxidation sites excluding steroid dienone is 2. The second-order valence-electron chi connectivity index (χ2n) is 5.14. The first-order chi connectivity index (χ1) is 8.61. The second-order valence-corrected chi connectivity index (χ2v) is 5.14. The van der Waals surface area contributed by atoms with Gasteiger partial charge in [-0.1, -0.05) is 12.2 Å². The van der Waals surface area contributed by atoms with Crippen LogP contribution in [0.15, 0.2) is 12.2 Å². The number of nitriles is 2. The van der Waals surface area contributed by atoms with Gasteiger partial charge in [-0.05, 0) is 0 Å². The number of amides is 2. The summed E-state index contributed by atoms with van der Waals surface area (Å²) in [5, 5.41) is 18.4. The smallest absolute Gasteiger partial charge is 0.233 e. The Kier molecular flexibility index (Phi) is 2.09. The van der Waals surface area contributed by atoms with Crippen molar-refractivity contribution in [1.29, 1.82) is 10.5 Å². The van der Waals surface area contributed by atoms with Crippen LogP contribution in [0, 0.1) is 58.2 Å². The lowest BCUT2D eigenvalue weighted by Crippen LogP contribution is -2.48. The maximum Gasteiger partial charge on any atom is 0.233 e. The van der Waals surface area contributed by atoms with Crippen LogP contribution in [0.25, 0.3) is 0 Å². The van der Waals surface area contributed by atoms with E-state index in [-0.39, 0.29) is 23.7 Å². The van der Waals surface area contributed by atoms with Crippen LogP contribution in [0.2, 0.25) is 0 Å². The molecule has 1 heterocycles. The zero-order valence-electron chi connectivity index (χ0n) is 9.78. The van der Waals surface area contributed by atoms with Gasteiger partial charge in [-0.15, -0.1) is 0 Å². The number of likely N-dealkylation sites (tertiary alicyclic amines) is 1. The molecule has 2 amide bonds. The lowest BCUT2D eigenvalue weighted by atomic mass is 9.54. The lowest BCUT2D eigenvalue weighted by molar-refractivity contribution is -0.138. The third-order valence-corrected chi connectivity index (χ3v) is 4.52. The van der Waals surface area contributed by atoms with Crippen molar-refractivity contribution in [2.24, 2.45) is 35.5 Å². The summed E-state index contributed by atoms with van der Waals surface area (Å²) in [4.78, 5) is 25.3. The SMILES string of the molecule is CN1C(=O)[C@@H]2[C@@H]3C=C[C@@H]([C@H](C#N)[C@H]3C#N)[C@@H]2C1=O. The molecule has 0 unspecified atom stereocenters. The Balaban J connectivity index is 2.12. The molecule has 0 aromatic rings. The molecule has 0 radical (unpaired) electrons. The molecule has 2 bridgehead atoms. The molecule has 4 aliphatic rings. The number of nitrogens with zero attached hydrogens (tertiary/aromatic N) is 3. The van der Waals surface area contributed by atoms with Crippen LogP contribution in [0.1, 0.15) is 0 Å². The van der Waals surface area contributed by atoms with Gasteiger partial charge in [0.2, 0.25) is 11.8 Å². The molecule has 1 saturated carbocycles. The Morgan fingerprint density at radius 1 is 1.00 bits per heavy atom. The van der Waals surface area contributed by atoms with Gasteiger partial charge in [0.05, 0.1) is 35.8 Å². The Bertz CT molecular complexity index is 506. The van der Waals surface area contributed by atoms with Crippen molar-refractivity contribution in [3.63, 3.8) is 0 Å². The van der Waals surface area contributed by atoms with E-state index in [1.54, 1.807) is 0 Å². The van der Waals surface area contributed by atoms with E-state index in [1.807, 2.05) is 12.2 Å². The van der Waals surface area contributed by atoms with E-state index in [0.717, 1.165) is 4.90 Å². The first kappa shape index (κ1) is 11.0. The molecule has 5 heteroatoms. The summed E-state index contributed by atoms with van der Waals surface area (Å²) in [6, 6.07) is 4.29. The third-order valence-electron chi connectivity index (χ3n) is 4.52. The molecule has 90 valence electrons. The molecule has 0 N–H and O–H groups in total. The minimum absolute atomic E-state index is 0.207. The minimum Gasteiger partial charge on any atom is -0.285 e. The predicted molar refractivity (Wildman–Crippen MR) is 59.1 cm³/mol. The van der Waals surface area contributed by atoms with Gasteiger partial charge in [-0.3, -0.25) is 14.5 Å². The molecule has 2 fully saturated rings. The van der Waals surface area contributed by atoms with Crippen LogP contribution in [-0.4, -0.2) is 23.8 Å². The Morgan fingerprint density at radius 2 is 1.39 bits per heavy atom. The fourth-order valence-corrected chi connectivity index (χ4v) is 3.66. The first-order valence-electron chi connectivity index (χ1n) is 5.90. The van der Waals surface area contributed by atoms with Crippen molar-refractivity contribution < 1.29 is 9.59 Å². The Hall–Kier alpha value is -2.14. The zero-order chi connectivity index (χ0) is 13.0. The highest BCUT2D eigenvalue weighted by Gasteiger charge is 2.61. The van der Waals surface area contributed by atoms with Crippen molar-refractivity contribution in [2.45, 2.75) is 0 Å². The maximum absolute atomic E-state index is 12.1. The third kappa shape index (κ3) is 1.04. The fourth-order valence-electron chi connectivity index (χ4n) is 3.66. The van der Waals surface area contributed by atoms with Gasteiger partial charge in [0, 0.05) is 18.9 Å². The van der Waals surface area contributed by atoms with Crippen LogP contribution < -0.4 is 0 Å². The number of rotatable bonds is 0. The van der Waals surface area contributed by atoms with E-state index >= 15 is 0 Å². The first-order valence-corrected chi connectivity index (χ1v) is 5.90. The number of hydrogen-bond acceptors (Lipinski definition) is 4. The van der Waals surface area contributed by atoms with E-state index in [2.05, 4.69) is 12.1 Å². The minimum atomic E-state index is -0.477. The zero-order valence-corrected chi connectivity index (χ0v) is 9.78. The average molecular weight is 241 g/mol. The Morgan fingerprint density at radius 3 is 1.72 bits per heavy atom. The maximum atomic E-state index is 12.1. The molecule has 6 atom stereocenters. The van der Waals surface area contributed by atoms with E-state index in [4.69, 9.17) is 0 Å². The summed E-state index contributed by atoms with van der Waals surface area (Å²) >= 11 is 0. The van der Waals surface area contributed by atoms with Crippen LogP contribution in [0.3, 0.4) is 0 Å². The summed E-state index contributed by atoms with van der Waals surface area (Å²) < 4.78 is 0. The average Bonchev–Trinajstić information content (AvgIpc) is 2.64. The van der Waals surface area contributed by atoms with Gasteiger partial charge in [0.1, 0.15) is 0 Å². The molecule has 1 saturated heterocycles. The van der Waals surface area contributed by atoms with Gasteiger partial charge < -0.3 is 0 Å². The van der Waals surface area contributed by atoms with Gasteiger partial charge in [0.15, 0.2) is 0 Å². The molecule has 0 aromatic heterocycles. The van der Waals surface area contributed by atoms with Crippen molar-refractivity contribution in [3.05, 3.63) is 12.2 Å². The highest BCUT2D eigenvalue weighted by molar-refractivity contribution is 6.05. The quantitative estimate of drug-likeness (QED) is 0.451. The molecule has 0 spiro atoms. The van der Waals surface area contributed by atoms with E-state index < -0.39 is 23.7 Å². The molecule has 1 aliphatic heterocycles. The predicted octanol–water partition coefficient (Wildman–Crippen LogP) is 0.313. The van der Waals surface area contributed by atoms with Crippen LogP contribution >= 0.6 is 0 Å². The number of hydrogen-bond donors (Lipinski definition) is 0. The summed E-state index contributed by atoms with van der Waals surface area (Å²) in [7, 11) is 1.48. The molecular formula is C13H11N3O2. The Labute approximate surface area is 104 Å². The molecular weight excluding hydrogens is 230 g/mol. The largest absolute Gasteiger partial charge is 0.285 e. The summed E-state index contributed by atoms with van der Waals surface area (Å²) in [5.41, 5.74) is 0. The van der Waals surface area contributed by atoms with Crippen LogP contribution in [0.5, 0.6) is 0 Å². The normalized spacial score (nSPS) is 44.7. The molecule has 0 aromatic carbocycles. The number of carbonyl (C=O) groups is 2. The highest BCUT2D eigenvalue weighted by Crippen LogP contribution is 2.54. The standard InChI is InChI=1S/C13H11N3O2/c1-16-12(17)10-6-2-3-7(11(10)13(16)18)9(5-15)8(6)4-14/h2-3,6-11H,1H3/t6-,7+,8-,9-,10-,11+/m0/s1. The summed E-state index contributed by atoms with van der Waals surface area (Å²) in [6.45, 7) is 0. The summed E-state index contributed by atoms with van der Waals surface area (Å²) in [6.07, 6.45) is 3.69. The highest BCUT2D eigenvalue weighted by atomic mass is 16.2. The lowest BCUT2D eigenvalue weighted by Gasteiger charge is -2.44. The number of fused-ring (bicyclic) bond motifs is 1. The van der Waals surface area contributed by atoms with E-state index in [0.29, 0.717) is 0 Å². The van der Waals surface area contributed by atoms with Gasteiger partial charge in [-0.2, -0.15) is 10.5 Å². The second kappa shape index (κ2) is 3.43. The molecule has 3 aliphatic carbocycles. The van der Waals surface area contributed by atoms with Crippen molar-refractivity contribution in [2.75, 3.05) is 7.05 Å². The van der Waals surface area contributed by atoms with Gasteiger partial charge in [-0.25, -0.2) is 0 Å².